The predicted molar refractivity (Wildman–Crippen MR) is 98.4 cm³/mol. The van der Waals surface area contributed by atoms with E-state index in [0.29, 0.717) is 26.1 Å². The van der Waals surface area contributed by atoms with Gasteiger partial charge in [-0.3, -0.25) is 4.79 Å². The zero-order valence-electron chi connectivity index (χ0n) is 15.5. The molecule has 0 aromatic carbocycles. The van der Waals surface area contributed by atoms with Gasteiger partial charge in [0.25, 0.3) is 0 Å². The highest BCUT2D eigenvalue weighted by molar-refractivity contribution is 5.76. The van der Waals surface area contributed by atoms with Crippen LogP contribution in [-0.4, -0.2) is 55.7 Å². The summed E-state index contributed by atoms with van der Waals surface area (Å²) in [6, 6.07) is 0.172. The number of carbonyl (C=O) groups is 2. The molecule has 6 nitrogen and oxygen atoms in total. The number of likely N-dealkylation sites (tertiary alicyclic amines) is 1. The molecule has 1 aliphatic carbocycles. The Morgan fingerprint density at radius 3 is 2.72 bits per heavy atom. The SMILES string of the molecule is CCOC(=O)N1CCC(NC(=O)CCNCCC2=CCCCC2)CC1. The molecule has 6 heteroatoms. The van der Waals surface area contributed by atoms with E-state index in [9.17, 15) is 9.59 Å². The molecule has 25 heavy (non-hydrogen) atoms. The third-order valence-electron chi connectivity index (χ3n) is 4.92. The number of nitrogens with one attached hydrogen (secondary N) is 2. The molecule has 2 aliphatic rings. The Labute approximate surface area is 151 Å². The van der Waals surface area contributed by atoms with Crippen LogP contribution < -0.4 is 10.6 Å². The van der Waals surface area contributed by atoms with Crippen LogP contribution in [0, 0.1) is 0 Å². The second kappa shape index (κ2) is 11.1. The molecule has 1 aliphatic heterocycles. The lowest BCUT2D eigenvalue weighted by molar-refractivity contribution is -0.121. The normalized spacial score (nSPS) is 18.6. The first kappa shape index (κ1) is 19.8. The molecule has 0 aromatic rings. The maximum Gasteiger partial charge on any atom is 0.409 e. The van der Waals surface area contributed by atoms with Gasteiger partial charge in [0.1, 0.15) is 0 Å². The van der Waals surface area contributed by atoms with Gasteiger partial charge in [-0.1, -0.05) is 11.6 Å². The lowest BCUT2D eigenvalue weighted by Crippen LogP contribution is -2.47. The number of piperidine rings is 1. The van der Waals surface area contributed by atoms with Crippen LogP contribution in [0.3, 0.4) is 0 Å². The van der Waals surface area contributed by atoms with Gasteiger partial charge in [-0.25, -0.2) is 4.79 Å². The second-order valence-electron chi connectivity index (χ2n) is 6.89. The Morgan fingerprint density at radius 2 is 2.04 bits per heavy atom. The van der Waals surface area contributed by atoms with Crippen molar-refractivity contribution in [1.82, 2.24) is 15.5 Å². The number of ether oxygens (including phenoxy) is 1. The maximum absolute atomic E-state index is 12.0. The topological polar surface area (TPSA) is 70.7 Å². The number of allylic oxidation sites excluding steroid dienone is 1. The molecule has 0 aromatic heterocycles. The van der Waals surface area contributed by atoms with Crippen molar-refractivity contribution in [2.24, 2.45) is 0 Å². The van der Waals surface area contributed by atoms with Crippen molar-refractivity contribution in [3.8, 4) is 0 Å². The summed E-state index contributed by atoms with van der Waals surface area (Å²) in [7, 11) is 0. The van der Waals surface area contributed by atoms with Crippen molar-refractivity contribution >= 4 is 12.0 Å². The van der Waals surface area contributed by atoms with Crippen LogP contribution in [0.25, 0.3) is 0 Å². The first-order valence-corrected chi connectivity index (χ1v) is 9.78. The van der Waals surface area contributed by atoms with E-state index in [1.807, 2.05) is 6.92 Å². The Kier molecular flexibility index (Phi) is 8.80. The number of nitrogens with zero attached hydrogens (tertiary/aromatic N) is 1. The van der Waals surface area contributed by atoms with Gasteiger partial charge in [-0.05, 0) is 58.4 Å². The van der Waals surface area contributed by atoms with Crippen molar-refractivity contribution < 1.29 is 14.3 Å². The van der Waals surface area contributed by atoms with Crippen molar-refractivity contribution in [3.05, 3.63) is 11.6 Å². The number of carbonyl (C=O) groups excluding carboxylic acids is 2. The van der Waals surface area contributed by atoms with Gasteiger partial charge in [-0.15, -0.1) is 0 Å². The largest absolute Gasteiger partial charge is 0.450 e. The van der Waals surface area contributed by atoms with E-state index in [0.717, 1.165) is 32.4 Å². The minimum Gasteiger partial charge on any atom is -0.450 e. The highest BCUT2D eigenvalue weighted by Gasteiger charge is 2.24. The summed E-state index contributed by atoms with van der Waals surface area (Å²) >= 11 is 0. The lowest BCUT2D eigenvalue weighted by atomic mass is 9.97. The molecule has 0 saturated carbocycles. The minimum atomic E-state index is -0.246. The average molecular weight is 351 g/mol. The van der Waals surface area contributed by atoms with Crippen molar-refractivity contribution in [2.45, 2.75) is 64.3 Å². The summed E-state index contributed by atoms with van der Waals surface area (Å²) in [5, 5.41) is 6.45. The second-order valence-corrected chi connectivity index (χ2v) is 6.89. The van der Waals surface area contributed by atoms with Gasteiger partial charge in [0, 0.05) is 32.1 Å². The smallest absolute Gasteiger partial charge is 0.409 e. The van der Waals surface area contributed by atoms with Crippen LogP contribution >= 0.6 is 0 Å². The van der Waals surface area contributed by atoms with E-state index in [2.05, 4.69) is 16.7 Å². The van der Waals surface area contributed by atoms with E-state index < -0.39 is 0 Å². The van der Waals surface area contributed by atoms with Gasteiger partial charge >= 0.3 is 6.09 Å². The van der Waals surface area contributed by atoms with Crippen molar-refractivity contribution in [3.63, 3.8) is 0 Å². The van der Waals surface area contributed by atoms with Crippen molar-refractivity contribution in [1.29, 1.82) is 0 Å². The first-order chi connectivity index (χ1) is 12.2. The van der Waals surface area contributed by atoms with E-state index in [-0.39, 0.29) is 18.0 Å². The zero-order chi connectivity index (χ0) is 17.9. The molecule has 0 bridgehead atoms. The first-order valence-electron chi connectivity index (χ1n) is 9.78. The molecule has 142 valence electrons. The predicted octanol–water partition coefficient (Wildman–Crippen LogP) is 2.59. The monoisotopic (exact) mass is 351 g/mol. The average Bonchev–Trinajstić information content (AvgIpc) is 2.63. The maximum atomic E-state index is 12.0. The van der Waals surface area contributed by atoms with Crippen LogP contribution in [0.4, 0.5) is 4.79 Å². The van der Waals surface area contributed by atoms with Gasteiger partial charge in [-0.2, -0.15) is 0 Å². The lowest BCUT2D eigenvalue weighted by Gasteiger charge is -2.31. The highest BCUT2D eigenvalue weighted by atomic mass is 16.6. The van der Waals surface area contributed by atoms with Gasteiger partial charge in [0.15, 0.2) is 0 Å². The third kappa shape index (κ3) is 7.46. The summed E-state index contributed by atoms with van der Waals surface area (Å²) < 4.78 is 5.00. The molecule has 0 spiro atoms. The van der Waals surface area contributed by atoms with Crippen LogP contribution in [0.15, 0.2) is 11.6 Å². The van der Waals surface area contributed by atoms with E-state index in [1.54, 1.807) is 10.5 Å². The fourth-order valence-corrected chi connectivity index (χ4v) is 3.43. The van der Waals surface area contributed by atoms with Crippen LogP contribution in [-0.2, 0) is 9.53 Å². The number of amides is 2. The molecule has 1 saturated heterocycles. The van der Waals surface area contributed by atoms with E-state index >= 15 is 0 Å². The summed E-state index contributed by atoms with van der Waals surface area (Å²) in [6.45, 7) is 5.19. The van der Waals surface area contributed by atoms with Gasteiger partial charge in [0.05, 0.1) is 6.61 Å². The van der Waals surface area contributed by atoms with Gasteiger partial charge < -0.3 is 20.3 Å². The number of hydrogen-bond donors (Lipinski definition) is 2. The Balaban J connectivity index is 1.51. The third-order valence-corrected chi connectivity index (χ3v) is 4.92. The number of hydrogen-bond acceptors (Lipinski definition) is 4. The molecular weight excluding hydrogens is 318 g/mol. The molecule has 2 rings (SSSR count). The van der Waals surface area contributed by atoms with Crippen LogP contribution in [0.2, 0.25) is 0 Å². The van der Waals surface area contributed by atoms with E-state index in [1.165, 1.54) is 25.7 Å². The molecule has 0 atom stereocenters. The zero-order valence-corrected chi connectivity index (χ0v) is 15.5. The standard InChI is InChI=1S/C19H33N3O3/c1-2-25-19(24)22-14-10-17(11-15-22)21-18(23)9-13-20-12-8-16-6-4-3-5-7-16/h6,17,20H,2-5,7-15H2,1H3,(H,21,23). The molecule has 2 amide bonds. The summed E-state index contributed by atoms with van der Waals surface area (Å²) in [5.74, 6) is 0.0963. The minimum absolute atomic E-state index is 0.0963. The van der Waals surface area contributed by atoms with Gasteiger partial charge in [0.2, 0.25) is 5.91 Å². The fraction of sp³-hybridized carbons (Fsp3) is 0.789. The highest BCUT2D eigenvalue weighted by Crippen LogP contribution is 2.19. The summed E-state index contributed by atoms with van der Waals surface area (Å²) in [5.41, 5.74) is 1.57. The summed E-state index contributed by atoms with van der Waals surface area (Å²) in [4.78, 5) is 25.4. The van der Waals surface area contributed by atoms with E-state index in [4.69, 9.17) is 4.74 Å². The Morgan fingerprint density at radius 1 is 1.24 bits per heavy atom. The Hall–Kier alpha value is -1.56. The molecule has 0 unspecified atom stereocenters. The molecule has 0 radical (unpaired) electrons. The fourth-order valence-electron chi connectivity index (χ4n) is 3.43. The number of rotatable bonds is 8. The molecular formula is C19H33N3O3. The Bertz CT molecular complexity index is 457. The molecule has 1 heterocycles. The van der Waals surface area contributed by atoms with Crippen LogP contribution in [0.1, 0.15) is 58.3 Å². The summed E-state index contributed by atoms with van der Waals surface area (Å²) in [6.07, 6.45) is 10.5. The van der Waals surface area contributed by atoms with Crippen molar-refractivity contribution in [2.75, 3.05) is 32.8 Å². The quantitative estimate of drug-likeness (QED) is 0.521. The molecule has 1 fully saturated rings. The van der Waals surface area contributed by atoms with Crippen LogP contribution in [0.5, 0.6) is 0 Å². The molecule has 2 N–H and O–H groups in total.